The van der Waals surface area contributed by atoms with Gasteiger partial charge in [-0.15, -0.1) is 0 Å². The molecule has 82 valence electrons. The van der Waals surface area contributed by atoms with Crippen molar-refractivity contribution in [2.75, 3.05) is 7.11 Å². The normalized spacial score (nSPS) is 10.3. The Hall–Kier alpha value is -2.10. The molecule has 0 spiro atoms. The van der Waals surface area contributed by atoms with Crippen LogP contribution in [0.2, 0.25) is 0 Å². The van der Waals surface area contributed by atoms with E-state index < -0.39 is 0 Å². The third kappa shape index (κ3) is 1.69. The number of nitrogens with zero attached hydrogens (tertiary/aromatic N) is 2. The van der Waals surface area contributed by atoms with Gasteiger partial charge in [-0.25, -0.2) is 13.9 Å². The minimum Gasteiger partial charge on any atom is -0.466 e. The van der Waals surface area contributed by atoms with Gasteiger partial charge in [-0.2, -0.15) is 0 Å². The van der Waals surface area contributed by atoms with E-state index in [9.17, 15) is 4.79 Å². The van der Waals surface area contributed by atoms with Gasteiger partial charge in [-0.3, -0.25) is 0 Å². The molecule has 1 aromatic carbocycles. The number of esters is 1. The van der Waals surface area contributed by atoms with E-state index in [1.54, 1.807) is 6.20 Å². The molecule has 1 heterocycles. The molecule has 0 aliphatic heterocycles. The lowest BCUT2D eigenvalue weighted by Gasteiger charge is -1.95. The van der Waals surface area contributed by atoms with Crippen LogP contribution in [-0.2, 0) is 16.1 Å². The molecule has 0 fully saturated rings. The lowest BCUT2D eigenvalue weighted by molar-refractivity contribution is -0.660. The molecular weight excluding hydrogens is 204 g/mol. The van der Waals surface area contributed by atoms with Gasteiger partial charge in [0.15, 0.2) is 17.6 Å². The fourth-order valence-corrected chi connectivity index (χ4v) is 1.68. The van der Waals surface area contributed by atoms with Gasteiger partial charge in [-0.05, 0) is 12.1 Å². The molecule has 0 saturated heterocycles. The highest BCUT2D eigenvalue weighted by atomic mass is 16.5. The van der Waals surface area contributed by atoms with Gasteiger partial charge in [0.05, 0.1) is 13.3 Å². The number of fused-ring (bicyclic) bond motifs is 1. The van der Waals surface area contributed by atoms with Gasteiger partial charge < -0.3 is 4.74 Å². The summed E-state index contributed by atoms with van der Waals surface area (Å²) in [5.74, 6) is -0.267. The predicted octanol–water partition coefficient (Wildman–Crippen LogP) is 1.20. The van der Waals surface area contributed by atoms with Crippen molar-refractivity contribution in [2.24, 2.45) is 0 Å². The maximum absolute atomic E-state index is 11.2. The van der Waals surface area contributed by atoms with Crippen LogP contribution in [0, 0.1) is 0 Å². The molecule has 16 heavy (non-hydrogen) atoms. The van der Waals surface area contributed by atoms with Crippen molar-refractivity contribution in [1.29, 1.82) is 0 Å². The molecule has 0 amide bonds. The van der Waals surface area contributed by atoms with Crippen LogP contribution in [0.4, 0.5) is 0 Å². The molecule has 0 radical (unpaired) electrons. The number of aromatic nitrogens is 2. The lowest BCUT2D eigenvalue weighted by atomic mass is 10.3. The molecule has 1 aromatic heterocycles. The predicted molar refractivity (Wildman–Crippen MR) is 60.5 cm³/mol. The van der Waals surface area contributed by atoms with Gasteiger partial charge in [0.25, 0.3) is 0 Å². The first-order chi connectivity index (χ1) is 7.76. The number of carbonyl (C=O) groups is 1. The molecule has 2 aromatic rings. The molecule has 0 bridgehead atoms. The minimum atomic E-state index is -0.267. The number of para-hydroxylation sites is 2. The van der Waals surface area contributed by atoms with Crippen LogP contribution < -0.4 is 4.57 Å². The van der Waals surface area contributed by atoms with E-state index >= 15 is 0 Å². The van der Waals surface area contributed by atoms with Crippen LogP contribution in [0.1, 0.15) is 0 Å². The van der Waals surface area contributed by atoms with Gasteiger partial charge in [0, 0.05) is 0 Å². The van der Waals surface area contributed by atoms with Crippen LogP contribution in [-0.4, -0.2) is 17.6 Å². The van der Waals surface area contributed by atoms with E-state index in [0.29, 0.717) is 0 Å². The monoisotopic (exact) mass is 217 g/mol. The summed E-state index contributed by atoms with van der Waals surface area (Å²) >= 11 is 0. The van der Waals surface area contributed by atoms with E-state index in [1.165, 1.54) is 7.11 Å². The molecule has 0 atom stereocenters. The minimum absolute atomic E-state index is 0.206. The van der Waals surface area contributed by atoms with E-state index in [2.05, 4.69) is 11.3 Å². The largest absolute Gasteiger partial charge is 0.466 e. The second-order valence-electron chi connectivity index (χ2n) is 3.40. The van der Waals surface area contributed by atoms with E-state index in [0.717, 1.165) is 11.0 Å². The highest BCUT2D eigenvalue weighted by Crippen LogP contribution is 2.10. The molecule has 4 nitrogen and oxygen atoms in total. The number of hydrogen-bond donors (Lipinski definition) is 0. The van der Waals surface area contributed by atoms with Crippen LogP contribution in [0.25, 0.3) is 17.2 Å². The Morgan fingerprint density at radius 2 is 2.31 bits per heavy atom. The molecule has 0 N–H and O–H groups in total. The number of imidazole rings is 1. The summed E-state index contributed by atoms with van der Waals surface area (Å²) in [5, 5.41) is 0. The van der Waals surface area contributed by atoms with Crippen molar-refractivity contribution < 1.29 is 14.1 Å². The lowest BCUT2D eigenvalue weighted by Crippen LogP contribution is -2.37. The number of carbonyl (C=O) groups excluding carboxylic acids is 1. The van der Waals surface area contributed by atoms with Crippen molar-refractivity contribution in [2.45, 2.75) is 6.54 Å². The Balaban J connectivity index is 2.53. The maximum atomic E-state index is 11.2. The molecular formula is C12H13N2O2+. The summed E-state index contributed by atoms with van der Waals surface area (Å²) in [7, 11) is 1.38. The summed E-state index contributed by atoms with van der Waals surface area (Å²) in [6.07, 6.45) is 3.53. The van der Waals surface area contributed by atoms with Crippen LogP contribution in [0.15, 0.2) is 37.2 Å². The number of rotatable bonds is 3. The molecule has 0 unspecified atom stereocenters. The smallest absolute Gasteiger partial charge is 0.348 e. The molecule has 0 aliphatic carbocycles. The van der Waals surface area contributed by atoms with Crippen molar-refractivity contribution in [3.8, 4) is 0 Å². The third-order valence-corrected chi connectivity index (χ3v) is 2.46. The Morgan fingerprint density at radius 1 is 1.56 bits per heavy atom. The van der Waals surface area contributed by atoms with E-state index in [4.69, 9.17) is 0 Å². The van der Waals surface area contributed by atoms with E-state index in [1.807, 2.05) is 39.7 Å². The highest BCUT2D eigenvalue weighted by molar-refractivity contribution is 5.75. The fraction of sp³-hybridized carbons (Fsp3) is 0.167. The number of benzene rings is 1. The maximum Gasteiger partial charge on any atom is 0.348 e. The summed E-state index contributed by atoms with van der Waals surface area (Å²) in [5.41, 5.74) is 1.99. The summed E-state index contributed by atoms with van der Waals surface area (Å²) in [6, 6.07) is 7.82. The third-order valence-electron chi connectivity index (χ3n) is 2.46. The summed E-state index contributed by atoms with van der Waals surface area (Å²) in [6.45, 7) is 3.93. The van der Waals surface area contributed by atoms with Crippen molar-refractivity contribution in [3.05, 3.63) is 37.2 Å². The van der Waals surface area contributed by atoms with Crippen molar-refractivity contribution in [3.63, 3.8) is 0 Å². The zero-order chi connectivity index (χ0) is 11.5. The van der Waals surface area contributed by atoms with E-state index in [-0.39, 0.29) is 12.5 Å². The van der Waals surface area contributed by atoms with Crippen LogP contribution in [0.5, 0.6) is 0 Å². The number of hydrogen-bond acceptors (Lipinski definition) is 2. The zero-order valence-electron chi connectivity index (χ0n) is 9.09. The number of methoxy groups -OCH3 is 1. The van der Waals surface area contributed by atoms with Gasteiger partial charge in [0.2, 0.25) is 6.33 Å². The van der Waals surface area contributed by atoms with Gasteiger partial charge >= 0.3 is 5.97 Å². The average molecular weight is 217 g/mol. The summed E-state index contributed by atoms with van der Waals surface area (Å²) in [4.78, 5) is 11.2. The van der Waals surface area contributed by atoms with Crippen molar-refractivity contribution in [1.82, 2.24) is 4.57 Å². The Labute approximate surface area is 93.4 Å². The second-order valence-corrected chi connectivity index (χ2v) is 3.40. The Bertz CT molecular complexity index is 543. The highest BCUT2D eigenvalue weighted by Gasteiger charge is 2.15. The first-order valence-corrected chi connectivity index (χ1v) is 4.94. The fourth-order valence-electron chi connectivity index (χ4n) is 1.68. The summed E-state index contributed by atoms with van der Waals surface area (Å²) < 4.78 is 8.36. The second kappa shape index (κ2) is 4.18. The Kier molecular flexibility index (Phi) is 2.72. The van der Waals surface area contributed by atoms with Crippen LogP contribution in [0.3, 0.4) is 0 Å². The zero-order valence-corrected chi connectivity index (χ0v) is 9.09. The van der Waals surface area contributed by atoms with Gasteiger partial charge in [0.1, 0.15) is 0 Å². The molecule has 2 rings (SSSR count). The SMILES string of the molecule is C=Cn1c[n+](CC(=O)OC)c2ccccc21. The molecule has 4 heteroatoms. The Morgan fingerprint density at radius 3 is 3.00 bits per heavy atom. The first-order valence-electron chi connectivity index (χ1n) is 4.94. The first kappa shape index (κ1) is 10.4. The topological polar surface area (TPSA) is 35.1 Å². The number of ether oxygens (including phenoxy) is 1. The standard InChI is InChI=1S/C12H13N2O2/c1-3-13-9-14(8-12(15)16-2)11-7-5-4-6-10(11)13/h3-7,9H,1,8H2,2H3/q+1. The quantitative estimate of drug-likeness (QED) is 0.572. The molecule has 0 aliphatic rings. The van der Waals surface area contributed by atoms with Crippen LogP contribution >= 0.6 is 0 Å². The van der Waals surface area contributed by atoms with Crippen molar-refractivity contribution >= 4 is 23.2 Å². The average Bonchev–Trinajstić information content (AvgIpc) is 2.68. The van der Waals surface area contributed by atoms with Gasteiger partial charge in [-0.1, -0.05) is 18.7 Å². The molecule has 0 saturated carbocycles.